The summed E-state index contributed by atoms with van der Waals surface area (Å²) in [5.74, 6) is -0.363. The number of hydrogen-bond donors (Lipinski definition) is 2. The number of benzene rings is 2. The highest BCUT2D eigenvalue weighted by atomic mass is 35.5. The van der Waals surface area contributed by atoms with Crippen LogP contribution in [0.4, 0.5) is 5.69 Å². The molecule has 4 nitrogen and oxygen atoms in total. The van der Waals surface area contributed by atoms with E-state index in [1.807, 2.05) is 13.1 Å². The molecule has 0 saturated carbocycles. The zero-order valence-electron chi connectivity index (χ0n) is 12.2. The predicted molar refractivity (Wildman–Crippen MR) is 92.1 cm³/mol. The normalized spacial score (nSPS) is 11.2. The number of halogens is 2. The SMILES string of the molecule is CNc1ccc(Cl)cc1/C(C)=N/NC(=O)c1ccccc1Cl. The van der Waals surface area contributed by atoms with Crippen LogP contribution in [-0.2, 0) is 0 Å². The van der Waals surface area contributed by atoms with Gasteiger partial charge >= 0.3 is 0 Å². The highest BCUT2D eigenvalue weighted by Crippen LogP contribution is 2.21. The molecule has 2 aromatic rings. The summed E-state index contributed by atoms with van der Waals surface area (Å²) in [5.41, 5.74) is 5.20. The predicted octanol–water partition coefficient (Wildman–Crippen LogP) is 4.19. The number of hydrogen-bond acceptors (Lipinski definition) is 3. The maximum absolute atomic E-state index is 12.1. The fourth-order valence-corrected chi connectivity index (χ4v) is 2.33. The second-order valence-electron chi connectivity index (χ2n) is 4.56. The van der Waals surface area contributed by atoms with E-state index < -0.39 is 0 Å². The second-order valence-corrected chi connectivity index (χ2v) is 5.40. The molecule has 114 valence electrons. The summed E-state index contributed by atoms with van der Waals surface area (Å²) in [6.45, 7) is 1.79. The van der Waals surface area contributed by atoms with Gasteiger partial charge in [0.1, 0.15) is 0 Å². The molecule has 0 heterocycles. The molecule has 0 spiro atoms. The third-order valence-corrected chi connectivity index (χ3v) is 3.65. The largest absolute Gasteiger partial charge is 0.388 e. The van der Waals surface area contributed by atoms with Crippen LogP contribution in [0.1, 0.15) is 22.8 Å². The van der Waals surface area contributed by atoms with Crippen LogP contribution >= 0.6 is 23.2 Å². The van der Waals surface area contributed by atoms with E-state index in [-0.39, 0.29) is 5.91 Å². The lowest BCUT2D eigenvalue weighted by Gasteiger charge is -2.09. The number of nitrogens with one attached hydrogen (secondary N) is 2. The molecule has 0 atom stereocenters. The van der Waals surface area contributed by atoms with Crippen LogP contribution in [-0.4, -0.2) is 18.7 Å². The lowest BCUT2D eigenvalue weighted by molar-refractivity contribution is 0.0955. The van der Waals surface area contributed by atoms with Gasteiger partial charge in [0.25, 0.3) is 5.91 Å². The Morgan fingerprint density at radius 1 is 1.09 bits per heavy atom. The number of anilines is 1. The second kappa shape index (κ2) is 7.29. The van der Waals surface area contributed by atoms with E-state index in [1.165, 1.54) is 0 Å². The number of amides is 1. The molecule has 2 rings (SSSR count). The Morgan fingerprint density at radius 2 is 1.82 bits per heavy atom. The van der Waals surface area contributed by atoms with Gasteiger partial charge in [-0.2, -0.15) is 5.10 Å². The Kier molecular flexibility index (Phi) is 5.41. The summed E-state index contributed by atoms with van der Waals surface area (Å²) >= 11 is 12.0. The zero-order chi connectivity index (χ0) is 16.1. The van der Waals surface area contributed by atoms with E-state index in [4.69, 9.17) is 23.2 Å². The summed E-state index contributed by atoms with van der Waals surface area (Å²) in [6, 6.07) is 12.2. The standard InChI is InChI=1S/C16H15Cl2N3O/c1-10(13-9-11(17)7-8-15(13)19-2)20-21-16(22)12-5-3-4-6-14(12)18/h3-9,19H,1-2H3,(H,21,22)/b20-10+. The van der Waals surface area contributed by atoms with Gasteiger partial charge in [-0.1, -0.05) is 35.3 Å². The van der Waals surface area contributed by atoms with E-state index in [1.54, 1.807) is 43.3 Å². The number of rotatable bonds is 4. The molecule has 0 aliphatic heterocycles. The van der Waals surface area contributed by atoms with Crippen molar-refractivity contribution in [1.29, 1.82) is 0 Å². The first-order chi connectivity index (χ1) is 10.5. The van der Waals surface area contributed by atoms with E-state index in [9.17, 15) is 4.79 Å². The van der Waals surface area contributed by atoms with Gasteiger partial charge in [-0.3, -0.25) is 4.79 Å². The lowest BCUT2D eigenvalue weighted by atomic mass is 10.1. The zero-order valence-corrected chi connectivity index (χ0v) is 13.7. The smallest absolute Gasteiger partial charge is 0.272 e. The molecule has 6 heteroatoms. The van der Waals surface area contributed by atoms with Crippen molar-refractivity contribution >= 4 is 40.5 Å². The lowest BCUT2D eigenvalue weighted by Crippen LogP contribution is -2.20. The van der Waals surface area contributed by atoms with Crippen molar-refractivity contribution in [3.05, 3.63) is 63.6 Å². The van der Waals surface area contributed by atoms with E-state index >= 15 is 0 Å². The summed E-state index contributed by atoms with van der Waals surface area (Å²) in [5, 5.41) is 8.16. The Balaban J connectivity index is 2.22. The van der Waals surface area contributed by atoms with Crippen LogP contribution < -0.4 is 10.7 Å². The van der Waals surface area contributed by atoms with Gasteiger partial charge in [0.05, 0.1) is 16.3 Å². The average Bonchev–Trinajstić information content (AvgIpc) is 2.52. The Bertz CT molecular complexity index is 729. The number of carbonyl (C=O) groups is 1. The molecular formula is C16H15Cl2N3O. The minimum Gasteiger partial charge on any atom is -0.388 e. The summed E-state index contributed by atoms with van der Waals surface area (Å²) in [4.78, 5) is 12.1. The third-order valence-electron chi connectivity index (χ3n) is 3.08. The van der Waals surface area contributed by atoms with Crippen LogP contribution in [0.25, 0.3) is 0 Å². The molecule has 0 fully saturated rings. The molecule has 0 aliphatic carbocycles. The highest BCUT2D eigenvalue weighted by molar-refractivity contribution is 6.33. The molecule has 0 aromatic heterocycles. The molecule has 0 bridgehead atoms. The van der Waals surface area contributed by atoms with E-state index in [2.05, 4.69) is 15.8 Å². The van der Waals surface area contributed by atoms with E-state index in [0.717, 1.165) is 11.3 Å². The minimum absolute atomic E-state index is 0.363. The monoisotopic (exact) mass is 335 g/mol. The number of carbonyl (C=O) groups excluding carboxylic acids is 1. The maximum Gasteiger partial charge on any atom is 0.272 e. The van der Waals surface area contributed by atoms with Gasteiger partial charge in [-0.25, -0.2) is 5.43 Å². The van der Waals surface area contributed by atoms with Gasteiger partial charge in [-0.05, 0) is 37.3 Å². The first-order valence-corrected chi connectivity index (χ1v) is 7.35. The Labute approximate surface area is 139 Å². The van der Waals surface area contributed by atoms with Crippen molar-refractivity contribution in [3.63, 3.8) is 0 Å². The van der Waals surface area contributed by atoms with Crippen LogP contribution in [0.5, 0.6) is 0 Å². The quantitative estimate of drug-likeness (QED) is 0.650. The maximum atomic E-state index is 12.1. The van der Waals surface area contributed by atoms with Crippen LogP contribution in [0.15, 0.2) is 47.6 Å². The molecule has 2 N–H and O–H groups in total. The molecular weight excluding hydrogens is 321 g/mol. The highest BCUT2D eigenvalue weighted by Gasteiger charge is 2.10. The number of hydrazone groups is 1. The molecule has 22 heavy (non-hydrogen) atoms. The average molecular weight is 336 g/mol. The van der Waals surface area contributed by atoms with Crippen LogP contribution in [0.2, 0.25) is 10.0 Å². The molecule has 0 radical (unpaired) electrons. The first kappa shape index (κ1) is 16.3. The van der Waals surface area contributed by atoms with Crippen molar-refractivity contribution in [2.45, 2.75) is 6.92 Å². The van der Waals surface area contributed by atoms with Crippen molar-refractivity contribution in [3.8, 4) is 0 Å². The van der Waals surface area contributed by atoms with Gasteiger partial charge in [0.15, 0.2) is 0 Å². The Morgan fingerprint density at radius 3 is 2.50 bits per heavy atom. The molecule has 0 aliphatic rings. The molecule has 2 aromatic carbocycles. The topological polar surface area (TPSA) is 53.5 Å². The fraction of sp³-hybridized carbons (Fsp3) is 0.125. The van der Waals surface area contributed by atoms with Crippen molar-refractivity contribution in [2.75, 3.05) is 12.4 Å². The van der Waals surface area contributed by atoms with Gasteiger partial charge in [-0.15, -0.1) is 0 Å². The summed E-state index contributed by atoms with van der Waals surface area (Å²) < 4.78 is 0. The summed E-state index contributed by atoms with van der Waals surface area (Å²) in [7, 11) is 1.81. The van der Waals surface area contributed by atoms with Crippen LogP contribution in [0.3, 0.4) is 0 Å². The van der Waals surface area contributed by atoms with E-state index in [0.29, 0.717) is 21.3 Å². The van der Waals surface area contributed by atoms with Crippen molar-refractivity contribution < 1.29 is 4.79 Å². The molecule has 1 amide bonds. The van der Waals surface area contributed by atoms with Crippen LogP contribution in [0, 0.1) is 0 Å². The number of nitrogens with zero attached hydrogens (tertiary/aromatic N) is 1. The first-order valence-electron chi connectivity index (χ1n) is 6.59. The Hall–Kier alpha value is -2.04. The van der Waals surface area contributed by atoms with Crippen molar-refractivity contribution in [1.82, 2.24) is 5.43 Å². The fourth-order valence-electron chi connectivity index (χ4n) is 1.93. The van der Waals surface area contributed by atoms with Crippen molar-refractivity contribution in [2.24, 2.45) is 5.10 Å². The van der Waals surface area contributed by atoms with Gasteiger partial charge in [0.2, 0.25) is 0 Å². The van der Waals surface area contributed by atoms with Gasteiger partial charge in [0, 0.05) is 23.3 Å². The molecule has 0 unspecified atom stereocenters. The minimum atomic E-state index is -0.363. The summed E-state index contributed by atoms with van der Waals surface area (Å²) in [6.07, 6.45) is 0. The molecule has 0 saturated heterocycles. The third kappa shape index (κ3) is 3.78. The van der Waals surface area contributed by atoms with Gasteiger partial charge < -0.3 is 5.32 Å².